The highest BCUT2D eigenvalue weighted by Gasteiger charge is 2.01. The van der Waals surface area contributed by atoms with Crippen LogP contribution in [0.4, 0.5) is 17.3 Å². The second-order valence-corrected chi connectivity index (χ2v) is 4.59. The SMILES string of the molecule is CNc1cncc(Nc2ccc3ncsc3c2)n1. The minimum Gasteiger partial charge on any atom is -0.372 e. The van der Waals surface area contributed by atoms with E-state index in [1.807, 2.05) is 24.7 Å². The molecule has 0 aliphatic carbocycles. The molecule has 2 N–H and O–H groups in total. The number of fused-ring (bicyclic) bond motifs is 1. The molecule has 3 aromatic rings. The number of anilines is 3. The highest BCUT2D eigenvalue weighted by atomic mass is 32.1. The molecule has 2 aromatic heterocycles. The number of nitrogens with one attached hydrogen (secondary N) is 2. The standard InChI is InChI=1S/C12H11N5S/c1-13-11-5-14-6-12(17-11)16-8-2-3-9-10(4-8)18-7-15-9/h2-7H,1H3,(H2,13,16,17). The van der Waals surface area contributed by atoms with Gasteiger partial charge in [-0.1, -0.05) is 0 Å². The van der Waals surface area contributed by atoms with Crippen molar-refractivity contribution in [3.05, 3.63) is 36.1 Å². The molecular formula is C12H11N5S. The summed E-state index contributed by atoms with van der Waals surface area (Å²) in [7, 11) is 1.82. The van der Waals surface area contributed by atoms with E-state index in [9.17, 15) is 0 Å². The van der Waals surface area contributed by atoms with Gasteiger partial charge in [-0.15, -0.1) is 11.3 Å². The topological polar surface area (TPSA) is 62.7 Å². The van der Waals surface area contributed by atoms with Gasteiger partial charge in [0, 0.05) is 12.7 Å². The zero-order valence-corrected chi connectivity index (χ0v) is 10.5. The first kappa shape index (κ1) is 10.9. The Morgan fingerprint density at radius 2 is 2.06 bits per heavy atom. The van der Waals surface area contributed by atoms with Crippen LogP contribution >= 0.6 is 11.3 Å². The maximum atomic E-state index is 4.36. The molecule has 6 heteroatoms. The lowest BCUT2D eigenvalue weighted by atomic mass is 10.3. The molecule has 0 saturated carbocycles. The van der Waals surface area contributed by atoms with E-state index < -0.39 is 0 Å². The van der Waals surface area contributed by atoms with Crippen LogP contribution in [0.25, 0.3) is 10.2 Å². The van der Waals surface area contributed by atoms with E-state index in [0.717, 1.165) is 21.7 Å². The first-order valence-corrected chi connectivity index (χ1v) is 6.33. The Hall–Kier alpha value is -2.21. The Balaban J connectivity index is 1.90. The molecule has 90 valence electrons. The van der Waals surface area contributed by atoms with Crippen molar-refractivity contribution in [2.75, 3.05) is 17.7 Å². The van der Waals surface area contributed by atoms with E-state index in [2.05, 4.69) is 31.7 Å². The largest absolute Gasteiger partial charge is 0.372 e. The van der Waals surface area contributed by atoms with Gasteiger partial charge < -0.3 is 10.6 Å². The molecule has 0 unspecified atom stereocenters. The van der Waals surface area contributed by atoms with Crippen molar-refractivity contribution in [3.8, 4) is 0 Å². The molecule has 0 saturated heterocycles. The second-order valence-electron chi connectivity index (χ2n) is 3.70. The molecule has 0 radical (unpaired) electrons. The van der Waals surface area contributed by atoms with Crippen LogP contribution in [0.1, 0.15) is 0 Å². The number of thiazole rings is 1. The minimum absolute atomic E-state index is 0.714. The maximum Gasteiger partial charge on any atom is 0.151 e. The number of hydrogen-bond donors (Lipinski definition) is 2. The van der Waals surface area contributed by atoms with Crippen LogP contribution in [-0.4, -0.2) is 22.0 Å². The third kappa shape index (κ3) is 2.10. The van der Waals surface area contributed by atoms with Crippen molar-refractivity contribution in [2.24, 2.45) is 0 Å². The van der Waals surface area contributed by atoms with Crippen LogP contribution in [-0.2, 0) is 0 Å². The predicted octanol–water partition coefficient (Wildman–Crippen LogP) is 2.87. The fraction of sp³-hybridized carbons (Fsp3) is 0.0833. The van der Waals surface area contributed by atoms with Gasteiger partial charge in [0.1, 0.15) is 5.82 Å². The van der Waals surface area contributed by atoms with E-state index >= 15 is 0 Å². The first-order chi connectivity index (χ1) is 8.85. The fourth-order valence-electron chi connectivity index (χ4n) is 1.63. The van der Waals surface area contributed by atoms with E-state index in [1.165, 1.54) is 0 Å². The Labute approximate surface area is 108 Å². The third-order valence-electron chi connectivity index (χ3n) is 2.49. The van der Waals surface area contributed by atoms with Crippen molar-refractivity contribution < 1.29 is 0 Å². The Bertz CT molecular complexity index is 679. The summed E-state index contributed by atoms with van der Waals surface area (Å²) < 4.78 is 1.15. The molecule has 1 aromatic carbocycles. The lowest BCUT2D eigenvalue weighted by molar-refractivity contribution is 1.18. The van der Waals surface area contributed by atoms with Gasteiger partial charge in [-0.05, 0) is 18.2 Å². The summed E-state index contributed by atoms with van der Waals surface area (Å²) in [6.45, 7) is 0. The number of aromatic nitrogens is 3. The quantitative estimate of drug-likeness (QED) is 0.755. The average molecular weight is 257 g/mol. The van der Waals surface area contributed by atoms with Crippen molar-refractivity contribution in [1.82, 2.24) is 15.0 Å². The van der Waals surface area contributed by atoms with E-state index in [-0.39, 0.29) is 0 Å². The van der Waals surface area contributed by atoms with Crippen molar-refractivity contribution in [2.45, 2.75) is 0 Å². The van der Waals surface area contributed by atoms with Crippen LogP contribution in [0.3, 0.4) is 0 Å². The summed E-state index contributed by atoms with van der Waals surface area (Å²) in [5.74, 6) is 1.45. The van der Waals surface area contributed by atoms with Crippen molar-refractivity contribution in [3.63, 3.8) is 0 Å². The molecule has 0 bridgehead atoms. The molecule has 2 heterocycles. The van der Waals surface area contributed by atoms with Crippen LogP contribution in [0, 0.1) is 0 Å². The highest BCUT2D eigenvalue weighted by Crippen LogP contribution is 2.23. The molecule has 0 aliphatic rings. The minimum atomic E-state index is 0.714. The van der Waals surface area contributed by atoms with Crippen LogP contribution in [0.15, 0.2) is 36.1 Å². The van der Waals surface area contributed by atoms with Gasteiger partial charge in [0.15, 0.2) is 5.82 Å². The summed E-state index contributed by atoms with van der Waals surface area (Å²) in [5, 5.41) is 6.18. The Kier molecular flexibility index (Phi) is 2.77. The third-order valence-corrected chi connectivity index (χ3v) is 3.29. The summed E-state index contributed by atoms with van der Waals surface area (Å²) in [4.78, 5) is 12.7. The second kappa shape index (κ2) is 4.58. The molecule has 0 atom stereocenters. The molecular weight excluding hydrogens is 246 g/mol. The summed E-state index contributed by atoms with van der Waals surface area (Å²) in [6.07, 6.45) is 3.37. The molecule has 3 rings (SSSR count). The van der Waals surface area contributed by atoms with Gasteiger partial charge in [0.2, 0.25) is 0 Å². The zero-order chi connectivity index (χ0) is 12.4. The van der Waals surface area contributed by atoms with Gasteiger partial charge in [0.05, 0.1) is 28.1 Å². The zero-order valence-electron chi connectivity index (χ0n) is 9.71. The summed E-state index contributed by atoms with van der Waals surface area (Å²) >= 11 is 1.62. The lowest BCUT2D eigenvalue weighted by Crippen LogP contribution is -1.98. The van der Waals surface area contributed by atoms with Gasteiger partial charge in [-0.3, -0.25) is 4.98 Å². The average Bonchev–Trinajstić information content (AvgIpc) is 2.86. The normalized spacial score (nSPS) is 10.5. The Morgan fingerprint density at radius 1 is 1.17 bits per heavy atom. The van der Waals surface area contributed by atoms with Crippen molar-refractivity contribution in [1.29, 1.82) is 0 Å². The fourth-order valence-corrected chi connectivity index (χ4v) is 2.34. The van der Waals surface area contributed by atoms with Crippen molar-refractivity contribution >= 4 is 38.9 Å². The van der Waals surface area contributed by atoms with Gasteiger partial charge in [0.25, 0.3) is 0 Å². The molecule has 5 nitrogen and oxygen atoms in total. The van der Waals surface area contributed by atoms with E-state index in [1.54, 1.807) is 23.7 Å². The van der Waals surface area contributed by atoms with Crippen LogP contribution < -0.4 is 10.6 Å². The van der Waals surface area contributed by atoms with Crippen LogP contribution in [0.2, 0.25) is 0 Å². The highest BCUT2D eigenvalue weighted by molar-refractivity contribution is 7.16. The monoisotopic (exact) mass is 257 g/mol. The van der Waals surface area contributed by atoms with Gasteiger partial charge >= 0.3 is 0 Å². The first-order valence-electron chi connectivity index (χ1n) is 5.45. The number of nitrogens with zero attached hydrogens (tertiary/aromatic N) is 3. The predicted molar refractivity (Wildman–Crippen MR) is 74.5 cm³/mol. The molecule has 0 fully saturated rings. The van der Waals surface area contributed by atoms with Gasteiger partial charge in [-0.2, -0.15) is 0 Å². The molecule has 0 amide bonds. The number of benzene rings is 1. The Morgan fingerprint density at radius 3 is 2.94 bits per heavy atom. The van der Waals surface area contributed by atoms with Crippen LogP contribution in [0.5, 0.6) is 0 Å². The van der Waals surface area contributed by atoms with E-state index in [4.69, 9.17) is 0 Å². The van der Waals surface area contributed by atoms with Gasteiger partial charge in [-0.25, -0.2) is 9.97 Å². The smallest absolute Gasteiger partial charge is 0.151 e. The number of hydrogen-bond acceptors (Lipinski definition) is 6. The summed E-state index contributed by atoms with van der Waals surface area (Å²) in [5.41, 5.74) is 3.84. The molecule has 0 spiro atoms. The summed E-state index contributed by atoms with van der Waals surface area (Å²) in [6, 6.07) is 6.03. The molecule has 18 heavy (non-hydrogen) atoms. The lowest BCUT2D eigenvalue weighted by Gasteiger charge is -2.06. The van der Waals surface area contributed by atoms with E-state index in [0.29, 0.717) is 5.82 Å². The number of rotatable bonds is 3. The maximum absolute atomic E-state index is 4.36. The molecule has 0 aliphatic heterocycles.